The van der Waals surface area contributed by atoms with E-state index < -0.39 is 36.7 Å². The Labute approximate surface area is 141 Å². The Bertz CT molecular complexity index is 763. The number of aryl methyl sites for hydroxylation is 1. The van der Waals surface area contributed by atoms with E-state index in [1.54, 1.807) is 19.1 Å². The second-order valence-corrected chi connectivity index (χ2v) is 5.51. The number of nitrogens with zero attached hydrogens (tertiary/aromatic N) is 2. The maximum absolute atomic E-state index is 11.1. The van der Waals surface area contributed by atoms with E-state index in [1.165, 1.54) is 12.1 Å². The van der Waals surface area contributed by atoms with Gasteiger partial charge in [-0.1, -0.05) is 6.07 Å². The molecule has 1 aliphatic rings. The monoisotopic (exact) mass is 352 g/mol. The first-order valence-electron chi connectivity index (χ1n) is 7.36. The van der Waals surface area contributed by atoms with Crippen molar-refractivity contribution < 1.29 is 39.1 Å². The molecule has 2 heterocycles. The molecule has 0 radical (unpaired) electrons. The van der Waals surface area contributed by atoms with Crippen LogP contribution in [0.15, 0.2) is 28.7 Å². The van der Waals surface area contributed by atoms with E-state index in [2.05, 4.69) is 10.2 Å². The van der Waals surface area contributed by atoms with E-state index >= 15 is 0 Å². The summed E-state index contributed by atoms with van der Waals surface area (Å²) in [6.07, 6.45) is -8.37. The van der Waals surface area contributed by atoms with Crippen molar-refractivity contribution in [2.24, 2.45) is 0 Å². The van der Waals surface area contributed by atoms with Gasteiger partial charge in [0.15, 0.2) is 6.10 Å². The molecule has 4 N–H and O–H groups in total. The van der Waals surface area contributed by atoms with Gasteiger partial charge in [0.2, 0.25) is 18.1 Å². The van der Waals surface area contributed by atoms with E-state index in [0.29, 0.717) is 11.5 Å². The van der Waals surface area contributed by atoms with E-state index in [9.17, 15) is 20.1 Å². The molecule has 5 atom stereocenters. The summed E-state index contributed by atoms with van der Waals surface area (Å²) in [6.45, 7) is 1.64. The number of aliphatic hydroxyl groups excluding tert-OH is 3. The van der Waals surface area contributed by atoms with Crippen molar-refractivity contribution in [3.8, 4) is 17.2 Å². The Hall–Kier alpha value is -2.53. The fraction of sp³-hybridized carbons (Fsp3) is 0.400. The van der Waals surface area contributed by atoms with Crippen molar-refractivity contribution in [2.75, 3.05) is 0 Å². The van der Waals surface area contributed by atoms with Gasteiger partial charge in [0.05, 0.1) is 0 Å². The fourth-order valence-corrected chi connectivity index (χ4v) is 2.40. The molecule has 2 aromatic rings. The Morgan fingerprint density at radius 2 is 1.92 bits per heavy atom. The molecule has 0 spiro atoms. The van der Waals surface area contributed by atoms with Gasteiger partial charge in [-0.05, 0) is 18.2 Å². The van der Waals surface area contributed by atoms with Gasteiger partial charge in [-0.25, -0.2) is 4.79 Å². The summed E-state index contributed by atoms with van der Waals surface area (Å²) in [5, 5.41) is 46.0. The highest BCUT2D eigenvalue weighted by molar-refractivity contribution is 5.73. The molecule has 1 aromatic heterocycles. The zero-order chi connectivity index (χ0) is 18.1. The average Bonchev–Trinajstić information content (AvgIpc) is 3.02. The number of rotatable bonds is 4. The standard InChI is InChI=1S/C15H16N2O8/c1-6-16-17-13(23-6)7-3-2-4-8(5-7)24-15-11(20)9(18)10(19)12(25-15)14(21)22/h2-5,9-12,15,18-20H,1H3,(H,21,22). The summed E-state index contributed by atoms with van der Waals surface area (Å²) in [6, 6.07) is 6.38. The molecule has 0 amide bonds. The van der Waals surface area contributed by atoms with Crippen LogP contribution in [0.5, 0.6) is 5.75 Å². The van der Waals surface area contributed by atoms with Gasteiger partial charge in [-0.2, -0.15) is 0 Å². The molecular formula is C15H16N2O8. The molecule has 0 aliphatic carbocycles. The molecule has 1 aliphatic heterocycles. The molecule has 10 heteroatoms. The topological polar surface area (TPSA) is 155 Å². The lowest BCUT2D eigenvalue weighted by molar-refractivity contribution is -0.271. The zero-order valence-electron chi connectivity index (χ0n) is 13.0. The number of hydrogen-bond acceptors (Lipinski definition) is 9. The van der Waals surface area contributed by atoms with Crippen LogP contribution in [0.2, 0.25) is 0 Å². The van der Waals surface area contributed by atoms with Gasteiger partial charge < -0.3 is 34.3 Å². The van der Waals surface area contributed by atoms with Crippen LogP contribution in [0, 0.1) is 6.92 Å². The Morgan fingerprint density at radius 1 is 1.16 bits per heavy atom. The molecule has 3 rings (SSSR count). The minimum atomic E-state index is -1.78. The summed E-state index contributed by atoms with van der Waals surface area (Å²) >= 11 is 0. The van der Waals surface area contributed by atoms with Crippen molar-refractivity contribution in [3.63, 3.8) is 0 Å². The van der Waals surface area contributed by atoms with Crippen molar-refractivity contribution in [1.82, 2.24) is 10.2 Å². The summed E-state index contributed by atoms with van der Waals surface area (Å²) < 4.78 is 15.8. The minimum absolute atomic E-state index is 0.213. The molecule has 1 saturated heterocycles. The lowest BCUT2D eigenvalue weighted by atomic mass is 9.99. The Kier molecular flexibility index (Phi) is 4.68. The van der Waals surface area contributed by atoms with E-state index in [4.69, 9.17) is 19.0 Å². The number of aliphatic hydroxyl groups is 3. The largest absolute Gasteiger partial charge is 0.479 e. The van der Waals surface area contributed by atoms with Crippen molar-refractivity contribution in [3.05, 3.63) is 30.2 Å². The van der Waals surface area contributed by atoms with Crippen LogP contribution in [-0.4, -0.2) is 67.3 Å². The average molecular weight is 352 g/mol. The highest BCUT2D eigenvalue weighted by atomic mass is 16.7. The predicted molar refractivity (Wildman–Crippen MR) is 79.4 cm³/mol. The first-order chi connectivity index (χ1) is 11.9. The van der Waals surface area contributed by atoms with E-state index in [-0.39, 0.29) is 11.6 Å². The lowest BCUT2D eigenvalue weighted by Crippen LogP contribution is -2.61. The molecule has 134 valence electrons. The summed E-state index contributed by atoms with van der Waals surface area (Å²) in [5.41, 5.74) is 0.541. The smallest absolute Gasteiger partial charge is 0.335 e. The number of aromatic nitrogens is 2. The van der Waals surface area contributed by atoms with Crippen molar-refractivity contribution in [2.45, 2.75) is 37.6 Å². The molecule has 0 bridgehead atoms. The first kappa shape index (κ1) is 17.3. The molecule has 10 nitrogen and oxygen atoms in total. The third kappa shape index (κ3) is 3.46. The molecule has 25 heavy (non-hydrogen) atoms. The highest BCUT2D eigenvalue weighted by Gasteiger charge is 2.48. The fourth-order valence-electron chi connectivity index (χ4n) is 2.40. The number of carbonyl (C=O) groups is 1. The molecule has 1 fully saturated rings. The van der Waals surface area contributed by atoms with Gasteiger partial charge in [-0.15, -0.1) is 10.2 Å². The second-order valence-electron chi connectivity index (χ2n) is 5.51. The second kappa shape index (κ2) is 6.76. The maximum Gasteiger partial charge on any atom is 0.335 e. The van der Waals surface area contributed by atoms with Crippen LogP contribution in [0.1, 0.15) is 5.89 Å². The van der Waals surface area contributed by atoms with E-state index in [0.717, 1.165) is 0 Å². The van der Waals surface area contributed by atoms with Crippen molar-refractivity contribution >= 4 is 5.97 Å². The van der Waals surface area contributed by atoms with Gasteiger partial charge in [0, 0.05) is 12.5 Å². The number of carboxylic acids is 1. The molecule has 1 aromatic carbocycles. The van der Waals surface area contributed by atoms with Crippen LogP contribution in [0.4, 0.5) is 0 Å². The van der Waals surface area contributed by atoms with Crippen LogP contribution in [-0.2, 0) is 9.53 Å². The predicted octanol–water partition coefficient (Wildman–Crippen LogP) is -0.684. The highest BCUT2D eigenvalue weighted by Crippen LogP contribution is 2.27. The third-order valence-corrected chi connectivity index (χ3v) is 3.67. The van der Waals surface area contributed by atoms with Crippen LogP contribution >= 0.6 is 0 Å². The van der Waals surface area contributed by atoms with Gasteiger partial charge in [0.25, 0.3) is 0 Å². The number of aliphatic carboxylic acids is 1. The molecule has 0 saturated carbocycles. The number of hydrogen-bond donors (Lipinski definition) is 4. The van der Waals surface area contributed by atoms with Gasteiger partial charge in [-0.3, -0.25) is 0 Å². The normalized spacial score (nSPS) is 29.4. The van der Waals surface area contributed by atoms with Crippen LogP contribution in [0.3, 0.4) is 0 Å². The number of benzene rings is 1. The minimum Gasteiger partial charge on any atom is -0.479 e. The van der Waals surface area contributed by atoms with Gasteiger partial charge >= 0.3 is 5.97 Å². The Balaban J connectivity index is 1.80. The quantitative estimate of drug-likeness (QED) is 0.556. The number of ether oxygens (including phenoxy) is 2. The number of carboxylic acid groups (broad SMARTS) is 1. The summed E-state index contributed by atoms with van der Waals surface area (Å²) in [4.78, 5) is 11.1. The van der Waals surface area contributed by atoms with Crippen molar-refractivity contribution in [1.29, 1.82) is 0 Å². The zero-order valence-corrected chi connectivity index (χ0v) is 13.0. The summed E-state index contributed by atoms with van der Waals surface area (Å²) in [5.74, 6) is -0.632. The first-order valence-corrected chi connectivity index (χ1v) is 7.36. The summed E-state index contributed by atoms with van der Waals surface area (Å²) in [7, 11) is 0. The molecular weight excluding hydrogens is 336 g/mol. The third-order valence-electron chi connectivity index (χ3n) is 3.67. The SMILES string of the molecule is Cc1nnc(-c2cccc(OC3OC(C(=O)O)C(O)C(O)C3O)c2)o1. The van der Waals surface area contributed by atoms with Gasteiger partial charge in [0.1, 0.15) is 24.1 Å². The van der Waals surface area contributed by atoms with Crippen LogP contribution in [0.25, 0.3) is 11.5 Å². The Morgan fingerprint density at radius 3 is 2.56 bits per heavy atom. The molecule has 5 unspecified atom stereocenters. The lowest BCUT2D eigenvalue weighted by Gasteiger charge is -2.38. The van der Waals surface area contributed by atoms with Crippen LogP contribution < -0.4 is 4.74 Å². The van der Waals surface area contributed by atoms with E-state index in [1.807, 2.05) is 0 Å². The maximum atomic E-state index is 11.1.